The summed E-state index contributed by atoms with van der Waals surface area (Å²) in [6.07, 6.45) is -0.409. The first-order chi connectivity index (χ1) is 5.13. The van der Waals surface area contributed by atoms with Crippen molar-refractivity contribution in [3.63, 3.8) is 0 Å². The van der Waals surface area contributed by atoms with E-state index in [0.717, 1.165) is 6.08 Å². The van der Waals surface area contributed by atoms with Gasteiger partial charge in [0.15, 0.2) is 0 Å². The van der Waals surface area contributed by atoms with Crippen molar-refractivity contribution in [2.75, 3.05) is 6.54 Å². The summed E-state index contributed by atoms with van der Waals surface area (Å²) in [5.41, 5.74) is 2.35. The van der Waals surface area contributed by atoms with Crippen LogP contribution in [-0.4, -0.2) is 28.7 Å². The van der Waals surface area contributed by atoms with Gasteiger partial charge in [0, 0.05) is 6.54 Å². The maximum Gasteiger partial charge on any atom is 0.429 e. The zero-order valence-corrected chi connectivity index (χ0v) is 6.20. The van der Waals surface area contributed by atoms with Crippen molar-refractivity contribution in [3.8, 4) is 0 Å². The van der Waals surface area contributed by atoms with E-state index in [1.54, 1.807) is 6.92 Å². The van der Waals surface area contributed by atoms with Crippen molar-refractivity contribution >= 4 is 12.0 Å². The molecule has 2 N–H and O–H groups in total. The minimum atomic E-state index is -1.34. The number of amides is 2. The molecule has 0 heterocycles. The lowest BCUT2D eigenvalue weighted by molar-refractivity contribution is -0.126. The van der Waals surface area contributed by atoms with E-state index in [9.17, 15) is 9.59 Å². The van der Waals surface area contributed by atoms with Crippen LogP contribution in [0.4, 0.5) is 4.79 Å². The van der Waals surface area contributed by atoms with Crippen molar-refractivity contribution in [2.24, 2.45) is 0 Å². The topological polar surface area (TPSA) is 69.6 Å². The Morgan fingerprint density at radius 1 is 1.73 bits per heavy atom. The lowest BCUT2D eigenvalue weighted by atomic mass is 10.6. The largest absolute Gasteiger partial charge is 0.464 e. The van der Waals surface area contributed by atoms with Crippen molar-refractivity contribution in [3.05, 3.63) is 12.7 Å². The predicted octanol–water partition coefficient (Wildman–Crippen LogP) is 0.203. The molecule has 0 unspecified atom stereocenters. The van der Waals surface area contributed by atoms with Crippen LogP contribution in [0.3, 0.4) is 0 Å². The van der Waals surface area contributed by atoms with Crippen LogP contribution < -0.4 is 5.43 Å². The Balaban J connectivity index is 4.20. The second-order valence-electron chi connectivity index (χ2n) is 1.67. The summed E-state index contributed by atoms with van der Waals surface area (Å²) in [4.78, 5) is 21.0. The van der Waals surface area contributed by atoms with E-state index >= 15 is 0 Å². The molecule has 0 atom stereocenters. The molecule has 0 bridgehead atoms. The Kier molecular flexibility index (Phi) is 3.90. The number of rotatable bonds is 3. The summed E-state index contributed by atoms with van der Waals surface area (Å²) in [6, 6.07) is 0. The van der Waals surface area contributed by atoms with E-state index in [1.165, 1.54) is 0 Å². The summed E-state index contributed by atoms with van der Waals surface area (Å²) >= 11 is 0. The molecule has 5 nitrogen and oxygen atoms in total. The summed E-state index contributed by atoms with van der Waals surface area (Å²) in [6.45, 7) is 5.21. The Hall–Kier alpha value is -1.36. The van der Waals surface area contributed by atoms with E-state index in [1.807, 2.05) is 0 Å². The molecule has 0 saturated heterocycles. The zero-order chi connectivity index (χ0) is 8.85. The van der Waals surface area contributed by atoms with Crippen molar-refractivity contribution in [1.82, 2.24) is 10.4 Å². The van der Waals surface area contributed by atoms with Crippen LogP contribution in [0.15, 0.2) is 12.7 Å². The van der Waals surface area contributed by atoms with Crippen LogP contribution in [0.1, 0.15) is 6.92 Å². The van der Waals surface area contributed by atoms with Gasteiger partial charge in [-0.25, -0.2) is 10.2 Å². The van der Waals surface area contributed by atoms with Crippen molar-refractivity contribution in [2.45, 2.75) is 6.92 Å². The fourth-order valence-corrected chi connectivity index (χ4v) is 0.489. The highest BCUT2D eigenvalue weighted by Crippen LogP contribution is 1.85. The molecule has 0 aliphatic carbocycles. The number of carboxylic acid groups (broad SMARTS) is 1. The number of hydrogen-bond acceptors (Lipinski definition) is 3. The van der Waals surface area contributed by atoms with Gasteiger partial charge in [0.25, 0.3) is 5.91 Å². The monoisotopic (exact) mass is 158 g/mol. The molecule has 0 saturated carbocycles. The van der Waals surface area contributed by atoms with Gasteiger partial charge in [0.2, 0.25) is 0 Å². The fraction of sp³-hybridized carbons (Fsp3) is 0.333. The summed E-state index contributed by atoms with van der Waals surface area (Å²) < 4.78 is 0. The predicted molar refractivity (Wildman–Crippen MR) is 38.7 cm³/mol. The average molecular weight is 158 g/mol. The first kappa shape index (κ1) is 9.64. The molecule has 62 valence electrons. The fourth-order valence-electron chi connectivity index (χ4n) is 0.489. The van der Waals surface area contributed by atoms with E-state index in [0.29, 0.717) is 11.6 Å². The molecular formula is C6H10N2O3. The highest BCUT2D eigenvalue weighted by atomic mass is 16.4. The van der Waals surface area contributed by atoms with Gasteiger partial charge in [-0.3, -0.25) is 4.79 Å². The molecule has 0 aromatic heterocycles. The molecule has 0 aliphatic heterocycles. The number of imide groups is 1. The third-order valence-electron chi connectivity index (χ3n) is 0.903. The zero-order valence-electron chi connectivity index (χ0n) is 6.20. The standard InChI is InChI=1S/C6H10N2O3/c1-3-5(9)8(6(10)11)7-4-2/h3,7H,1,4H2,2H3,(H,10,11). The molecule has 0 radical (unpaired) electrons. The highest BCUT2D eigenvalue weighted by Gasteiger charge is 2.15. The van der Waals surface area contributed by atoms with Gasteiger partial charge in [-0.1, -0.05) is 13.5 Å². The van der Waals surface area contributed by atoms with Gasteiger partial charge in [0.05, 0.1) is 0 Å². The molecule has 0 spiro atoms. The van der Waals surface area contributed by atoms with E-state index in [2.05, 4.69) is 12.0 Å². The average Bonchev–Trinajstić information content (AvgIpc) is 1.98. The van der Waals surface area contributed by atoms with Crippen LogP contribution >= 0.6 is 0 Å². The number of carbonyl (C=O) groups excluding carboxylic acids is 1. The molecule has 0 rings (SSSR count). The summed E-state index contributed by atoms with van der Waals surface area (Å²) in [5.74, 6) is -0.681. The number of nitrogens with one attached hydrogen (secondary N) is 1. The quantitative estimate of drug-likeness (QED) is 0.455. The van der Waals surface area contributed by atoms with Gasteiger partial charge in [0.1, 0.15) is 0 Å². The third-order valence-corrected chi connectivity index (χ3v) is 0.903. The first-order valence-corrected chi connectivity index (χ1v) is 3.06. The lowest BCUT2D eigenvalue weighted by Gasteiger charge is -2.14. The molecule has 0 aliphatic rings. The Morgan fingerprint density at radius 3 is 2.55 bits per heavy atom. The van der Waals surface area contributed by atoms with Gasteiger partial charge in [-0.2, -0.15) is 5.01 Å². The number of carbonyl (C=O) groups is 2. The van der Waals surface area contributed by atoms with Gasteiger partial charge in [-0.05, 0) is 6.08 Å². The summed E-state index contributed by atoms with van der Waals surface area (Å²) in [7, 11) is 0. The van der Waals surface area contributed by atoms with Crippen LogP contribution in [0.25, 0.3) is 0 Å². The van der Waals surface area contributed by atoms with E-state index < -0.39 is 12.0 Å². The van der Waals surface area contributed by atoms with Crippen LogP contribution in [-0.2, 0) is 4.79 Å². The van der Waals surface area contributed by atoms with Crippen LogP contribution in [0.5, 0.6) is 0 Å². The SMILES string of the molecule is C=CC(=O)N(NCC)C(=O)O. The van der Waals surface area contributed by atoms with Crippen LogP contribution in [0, 0.1) is 0 Å². The molecule has 5 heteroatoms. The number of hydrogen-bond donors (Lipinski definition) is 2. The van der Waals surface area contributed by atoms with E-state index in [-0.39, 0.29) is 0 Å². The molecule has 0 fully saturated rings. The van der Waals surface area contributed by atoms with Gasteiger partial charge in [-0.15, -0.1) is 0 Å². The van der Waals surface area contributed by atoms with Gasteiger partial charge < -0.3 is 5.11 Å². The Morgan fingerprint density at radius 2 is 2.27 bits per heavy atom. The normalized spacial score (nSPS) is 8.82. The molecule has 11 heavy (non-hydrogen) atoms. The second kappa shape index (κ2) is 4.45. The molecular weight excluding hydrogens is 148 g/mol. The summed E-state index contributed by atoms with van der Waals surface area (Å²) in [5, 5.41) is 8.88. The van der Waals surface area contributed by atoms with E-state index in [4.69, 9.17) is 5.11 Å². The maximum atomic E-state index is 10.7. The van der Waals surface area contributed by atoms with Crippen LogP contribution in [0.2, 0.25) is 0 Å². The smallest absolute Gasteiger partial charge is 0.429 e. The molecule has 2 amide bonds. The van der Waals surface area contributed by atoms with Gasteiger partial charge >= 0.3 is 6.09 Å². The Bertz CT molecular complexity index is 179. The first-order valence-electron chi connectivity index (χ1n) is 3.06. The Labute approximate surface area is 64.3 Å². The molecule has 0 aromatic carbocycles. The second-order valence-corrected chi connectivity index (χ2v) is 1.67. The number of hydrazine groups is 1. The van der Waals surface area contributed by atoms with Crippen molar-refractivity contribution < 1.29 is 14.7 Å². The minimum Gasteiger partial charge on any atom is -0.464 e. The maximum absolute atomic E-state index is 10.7. The highest BCUT2D eigenvalue weighted by molar-refractivity contribution is 5.97. The third kappa shape index (κ3) is 2.81. The number of nitrogens with zero attached hydrogens (tertiary/aromatic N) is 1. The van der Waals surface area contributed by atoms with Crippen molar-refractivity contribution in [1.29, 1.82) is 0 Å². The molecule has 0 aromatic rings. The minimum absolute atomic E-state index is 0.367. The lowest BCUT2D eigenvalue weighted by Crippen LogP contribution is -2.45.